The van der Waals surface area contributed by atoms with E-state index in [0.29, 0.717) is 40.5 Å². The number of nitrogens with two attached hydrogens (primary N) is 2. The Kier molecular flexibility index (Phi) is 9.07. The molecule has 6 heterocycles. The predicted molar refractivity (Wildman–Crippen MR) is 163 cm³/mol. The maximum absolute atomic E-state index is 12.2. The van der Waals surface area contributed by atoms with Crippen molar-refractivity contribution >= 4 is 56.6 Å². The molecule has 10 N–H and O–H groups in total. The molecule has 43 heavy (non-hydrogen) atoms. The lowest BCUT2D eigenvalue weighted by Crippen LogP contribution is -2.24. The second kappa shape index (κ2) is 12.6. The van der Waals surface area contributed by atoms with Crippen LogP contribution in [0.1, 0.15) is 44.2 Å². The Labute approximate surface area is 256 Å². The number of halogens is 1. The molecule has 6 atom stereocenters. The fraction of sp³-hybridized carbons (Fsp3) is 0.462. The average molecular weight is 710 g/mol. The summed E-state index contributed by atoms with van der Waals surface area (Å²) in [6.07, 6.45) is 0.790. The zero-order chi connectivity index (χ0) is 31.0. The molecule has 0 aromatic carbocycles. The van der Waals surface area contributed by atoms with Crippen molar-refractivity contribution in [1.82, 2.24) is 29.1 Å². The Morgan fingerprint density at radius 2 is 1.42 bits per heavy atom. The first kappa shape index (κ1) is 30.9. The summed E-state index contributed by atoms with van der Waals surface area (Å²) in [5, 5.41) is 38.8. The predicted octanol–water partition coefficient (Wildman–Crippen LogP) is -0.739. The highest BCUT2D eigenvalue weighted by atomic mass is 127. The molecule has 6 unspecified atom stereocenters. The van der Waals surface area contributed by atoms with Crippen LogP contribution in [-0.2, 0) is 9.47 Å². The number of hydrogen-bond acceptors (Lipinski definition) is 12. The van der Waals surface area contributed by atoms with E-state index in [0.717, 1.165) is 3.57 Å². The molecule has 0 amide bonds. The molecule has 0 saturated carbocycles. The van der Waals surface area contributed by atoms with Gasteiger partial charge in [-0.25, -0.2) is 0 Å². The van der Waals surface area contributed by atoms with E-state index in [1.807, 2.05) is 29.5 Å². The summed E-state index contributed by atoms with van der Waals surface area (Å²) in [7, 11) is 0. The van der Waals surface area contributed by atoms with Crippen LogP contribution in [0.3, 0.4) is 0 Å². The SMILES string of the molecule is CCC#Cc1cn(C2CC(O)C(CO)O2)c2nc(N)[nH]c(=O)c12.Nc1nc2c(c(I)cn2C2CC(O)C(CO)O2)c(=O)[nH]1. The van der Waals surface area contributed by atoms with Gasteiger partial charge in [-0.3, -0.25) is 19.6 Å². The lowest BCUT2D eigenvalue weighted by atomic mass is 10.2. The van der Waals surface area contributed by atoms with Gasteiger partial charge in [-0.2, -0.15) is 9.97 Å². The third-order valence-corrected chi connectivity index (χ3v) is 7.96. The Balaban J connectivity index is 0.000000173. The van der Waals surface area contributed by atoms with Crippen molar-refractivity contribution in [2.24, 2.45) is 0 Å². The second-order valence-electron chi connectivity index (χ2n) is 10.0. The number of hydrogen-bond donors (Lipinski definition) is 8. The van der Waals surface area contributed by atoms with Crippen LogP contribution in [0.5, 0.6) is 0 Å². The summed E-state index contributed by atoms with van der Waals surface area (Å²) >= 11 is 2.03. The Hall–Kier alpha value is -3.51. The molecule has 230 valence electrons. The molecule has 6 rings (SSSR count). The van der Waals surface area contributed by atoms with E-state index in [1.165, 1.54) is 0 Å². The van der Waals surface area contributed by atoms with Gasteiger partial charge >= 0.3 is 0 Å². The molecule has 2 aliphatic rings. The van der Waals surface area contributed by atoms with Gasteiger partial charge in [0.1, 0.15) is 24.7 Å². The first-order chi connectivity index (χ1) is 20.6. The summed E-state index contributed by atoms with van der Waals surface area (Å²) in [5.41, 5.74) is 11.8. The van der Waals surface area contributed by atoms with Crippen molar-refractivity contribution in [1.29, 1.82) is 0 Å². The smallest absolute Gasteiger partial charge is 0.263 e. The molecule has 4 aromatic rings. The molecule has 2 aliphatic heterocycles. The van der Waals surface area contributed by atoms with Crippen LogP contribution < -0.4 is 22.6 Å². The molecule has 0 radical (unpaired) electrons. The molecule has 0 spiro atoms. The standard InChI is InChI=1S/C15H18N4O4.C11H13IN4O4/c1-2-3-4-8-6-19(11-5-9(21)10(7-20)23-11)13-12(8)14(22)18-15(16)17-13;12-4-2-16(7-1-5(18)6(3-17)20-7)9-8(4)10(19)15-11(13)14-9/h6,9-11,20-21H,2,5,7H2,1H3,(H3,16,17,18,22);2,5-7,17-18H,1,3H2,(H3,13,14,15,19). The van der Waals surface area contributed by atoms with Crippen molar-refractivity contribution in [3.63, 3.8) is 0 Å². The molecule has 2 saturated heterocycles. The van der Waals surface area contributed by atoms with Gasteiger partial charge in [-0.15, -0.1) is 0 Å². The largest absolute Gasteiger partial charge is 0.394 e. The zero-order valence-electron chi connectivity index (χ0n) is 22.9. The molecule has 2 fully saturated rings. The van der Waals surface area contributed by atoms with Gasteiger partial charge in [0.05, 0.1) is 41.8 Å². The number of H-pyrrole nitrogens is 2. The normalized spacial score (nSPS) is 25.1. The van der Waals surface area contributed by atoms with E-state index in [-0.39, 0.29) is 42.6 Å². The highest BCUT2D eigenvalue weighted by molar-refractivity contribution is 14.1. The number of aliphatic hydroxyl groups is 4. The summed E-state index contributed by atoms with van der Waals surface area (Å²) < 4.78 is 15.2. The Morgan fingerprint density at radius 3 is 1.91 bits per heavy atom. The maximum atomic E-state index is 12.2. The minimum atomic E-state index is -0.785. The minimum Gasteiger partial charge on any atom is -0.394 e. The number of aromatic amines is 2. The Morgan fingerprint density at radius 1 is 0.930 bits per heavy atom. The number of ether oxygens (including phenoxy) is 2. The monoisotopic (exact) mass is 710 g/mol. The van der Waals surface area contributed by atoms with Gasteiger partial charge in [0.25, 0.3) is 11.1 Å². The Bertz CT molecular complexity index is 1820. The third-order valence-electron chi connectivity index (χ3n) is 7.14. The lowest BCUT2D eigenvalue weighted by molar-refractivity contribution is -0.0430. The highest BCUT2D eigenvalue weighted by Gasteiger charge is 2.36. The van der Waals surface area contributed by atoms with Gasteiger partial charge in [0.2, 0.25) is 11.9 Å². The van der Waals surface area contributed by atoms with Crippen molar-refractivity contribution < 1.29 is 29.9 Å². The van der Waals surface area contributed by atoms with Crippen LogP contribution in [0, 0.1) is 15.4 Å². The van der Waals surface area contributed by atoms with E-state index in [4.69, 9.17) is 26.0 Å². The summed E-state index contributed by atoms with van der Waals surface area (Å²) in [6, 6.07) is 0. The van der Waals surface area contributed by atoms with Gasteiger partial charge in [-0.05, 0) is 22.6 Å². The molecule has 0 bridgehead atoms. The molecular formula is C26H31IN8O8. The molecule has 16 nitrogen and oxygen atoms in total. The highest BCUT2D eigenvalue weighted by Crippen LogP contribution is 2.33. The van der Waals surface area contributed by atoms with E-state index in [1.54, 1.807) is 21.5 Å². The van der Waals surface area contributed by atoms with Gasteiger partial charge in [-0.1, -0.05) is 18.8 Å². The molecule has 4 aromatic heterocycles. The van der Waals surface area contributed by atoms with Crippen LogP contribution in [0.2, 0.25) is 0 Å². The number of nitrogen functional groups attached to an aromatic ring is 2. The third kappa shape index (κ3) is 5.99. The van der Waals surface area contributed by atoms with E-state index in [9.17, 15) is 24.9 Å². The number of aromatic nitrogens is 6. The summed E-state index contributed by atoms with van der Waals surface area (Å²) in [4.78, 5) is 37.3. The van der Waals surface area contributed by atoms with Gasteiger partial charge in [0.15, 0.2) is 11.3 Å². The number of rotatable bonds is 4. The molecule has 0 aliphatic carbocycles. The first-order valence-corrected chi connectivity index (χ1v) is 14.5. The second-order valence-corrected chi connectivity index (χ2v) is 11.2. The van der Waals surface area contributed by atoms with E-state index >= 15 is 0 Å². The van der Waals surface area contributed by atoms with E-state index in [2.05, 4.69) is 31.8 Å². The minimum absolute atomic E-state index is 0.00546. The number of aliphatic hydroxyl groups excluding tert-OH is 4. The molecule has 17 heteroatoms. The van der Waals surface area contributed by atoms with Crippen molar-refractivity contribution in [2.75, 3.05) is 24.7 Å². The topological polar surface area (TPSA) is 253 Å². The number of nitrogens with zero attached hydrogens (tertiary/aromatic N) is 4. The van der Waals surface area contributed by atoms with Crippen LogP contribution in [-0.4, -0.2) is 87.1 Å². The number of nitrogens with one attached hydrogen (secondary N) is 2. The maximum Gasteiger partial charge on any atom is 0.263 e. The molecular weight excluding hydrogens is 679 g/mol. The van der Waals surface area contributed by atoms with Crippen LogP contribution in [0.4, 0.5) is 11.9 Å². The number of fused-ring (bicyclic) bond motifs is 2. The lowest BCUT2D eigenvalue weighted by Gasteiger charge is -2.14. The van der Waals surface area contributed by atoms with Crippen molar-refractivity contribution in [3.05, 3.63) is 42.2 Å². The first-order valence-electron chi connectivity index (χ1n) is 13.4. The zero-order valence-corrected chi connectivity index (χ0v) is 25.1. The van der Waals surface area contributed by atoms with E-state index < -0.39 is 36.9 Å². The quantitative estimate of drug-likeness (QED) is 0.0964. The fourth-order valence-corrected chi connectivity index (χ4v) is 5.91. The van der Waals surface area contributed by atoms with Crippen LogP contribution in [0.15, 0.2) is 22.0 Å². The summed E-state index contributed by atoms with van der Waals surface area (Å²) in [5.74, 6) is 5.88. The van der Waals surface area contributed by atoms with Gasteiger partial charge in [0, 0.05) is 35.2 Å². The average Bonchev–Trinajstić information content (AvgIpc) is 3.70. The van der Waals surface area contributed by atoms with Crippen LogP contribution >= 0.6 is 22.6 Å². The van der Waals surface area contributed by atoms with Crippen LogP contribution in [0.25, 0.3) is 22.1 Å². The fourth-order valence-electron chi connectivity index (χ4n) is 5.12. The summed E-state index contributed by atoms with van der Waals surface area (Å²) in [6.45, 7) is 1.37. The number of anilines is 2. The van der Waals surface area contributed by atoms with Crippen molar-refractivity contribution in [2.45, 2.75) is 63.1 Å². The van der Waals surface area contributed by atoms with Gasteiger partial charge < -0.3 is 50.5 Å². The van der Waals surface area contributed by atoms with Crippen molar-refractivity contribution in [3.8, 4) is 11.8 Å².